The minimum absolute atomic E-state index is 0.0847. The summed E-state index contributed by atoms with van der Waals surface area (Å²) in [7, 11) is 1.63. The topological polar surface area (TPSA) is 66.8 Å². The molecule has 3 unspecified atom stereocenters. The summed E-state index contributed by atoms with van der Waals surface area (Å²) in [5.74, 6) is 0.624. The standard InChI is InChI=1S/C17H32O4/c1-3-4-5-6-14(18)12-15(19)9-7-13-8-10-16(20)17(11-13)21-2/h13-14,16-18,20H,3-12H2,1-2H3/t13?,14-,16?,17?/m1/s1. The van der Waals surface area contributed by atoms with Gasteiger partial charge < -0.3 is 14.9 Å². The Bertz CT molecular complexity index is 293. The van der Waals surface area contributed by atoms with Gasteiger partial charge in [0.1, 0.15) is 5.78 Å². The predicted molar refractivity (Wildman–Crippen MR) is 83.2 cm³/mol. The molecule has 4 nitrogen and oxygen atoms in total. The van der Waals surface area contributed by atoms with E-state index in [1.807, 2.05) is 0 Å². The van der Waals surface area contributed by atoms with E-state index in [0.717, 1.165) is 51.4 Å². The Hall–Kier alpha value is -0.450. The summed E-state index contributed by atoms with van der Waals surface area (Å²) in [5.41, 5.74) is 0. The van der Waals surface area contributed by atoms with Gasteiger partial charge in [-0.2, -0.15) is 0 Å². The lowest BCUT2D eigenvalue weighted by atomic mass is 9.82. The molecule has 4 atom stereocenters. The number of aliphatic hydroxyl groups excluding tert-OH is 2. The smallest absolute Gasteiger partial charge is 0.135 e. The van der Waals surface area contributed by atoms with Crippen LogP contribution in [0.2, 0.25) is 0 Å². The van der Waals surface area contributed by atoms with E-state index in [1.165, 1.54) is 0 Å². The highest BCUT2D eigenvalue weighted by Crippen LogP contribution is 2.30. The van der Waals surface area contributed by atoms with Crippen molar-refractivity contribution >= 4 is 5.78 Å². The van der Waals surface area contributed by atoms with Gasteiger partial charge in [0.15, 0.2) is 0 Å². The molecule has 1 aliphatic rings. The summed E-state index contributed by atoms with van der Waals surface area (Å²) < 4.78 is 5.28. The number of Topliss-reactive ketones (excluding diaryl/α,β-unsaturated/α-hetero) is 1. The monoisotopic (exact) mass is 300 g/mol. The van der Waals surface area contributed by atoms with E-state index < -0.39 is 6.10 Å². The Balaban J connectivity index is 2.17. The third-order valence-corrected chi connectivity index (χ3v) is 4.60. The molecule has 0 spiro atoms. The molecule has 0 saturated heterocycles. The van der Waals surface area contributed by atoms with Crippen molar-refractivity contribution in [3.8, 4) is 0 Å². The molecule has 4 heteroatoms. The first kappa shape index (κ1) is 18.6. The van der Waals surface area contributed by atoms with Crippen molar-refractivity contribution in [2.75, 3.05) is 7.11 Å². The summed E-state index contributed by atoms with van der Waals surface area (Å²) in [4.78, 5) is 11.9. The van der Waals surface area contributed by atoms with Crippen LogP contribution in [0.5, 0.6) is 0 Å². The van der Waals surface area contributed by atoms with Gasteiger partial charge in [-0.3, -0.25) is 4.79 Å². The van der Waals surface area contributed by atoms with E-state index in [0.29, 0.717) is 18.8 Å². The number of ether oxygens (including phenoxy) is 1. The van der Waals surface area contributed by atoms with E-state index in [1.54, 1.807) is 7.11 Å². The number of hydrogen-bond donors (Lipinski definition) is 2. The number of methoxy groups -OCH3 is 1. The second kappa shape index (κ2) is 10.3. The van der Waals surface area contributed by atoms with E-state index in [-0.39, 0.29) is 18.0 Å². The van der Waals surface area contributed by atoms with Gasteiger partial charge in [-0.25, -0.2) is 0 Å². The molecule has 1 rings (SSSR count). The molecule has 1 saturated carbocycles. The van der Waals surface area contributed by atoms with Crippen LogP contribution in [0.25, 0.3) is 0 Å². The zero-order valence-corrected chi connectivity index (χ0v) is 13.6. The van der Waals surface area contributed by atoms with Gasteiger partial charge in [-0.05, 0) is 38.0 Å². The molecule has 1 fully saturated rings. The summed E-state index contributed by atoms with van der Waals surface area (Å²) >= 11 is 0. The summed E-state index contributed by atoms with van der Waals surface area (Å²) in [5, 5.41) is 19.6. The number of carbonyl (C=O) groups is 1. The SMILES string of the molecule is CCCCC[C@@H](O)CC(=O)CCC1CCC(O)C(OC)C1. The van der Waals surface area contributed by atoms with Gasteiger partial charge in [-0.15, -0.1) is 0 Å². The fraction of sp³-hybridized carbons (Fsp3) is 0.941. The lowest BCUT2D eigenvalue weighted by molar-refractivity contribution is -0.121. The molecule has 0 bridgehead atoms. The Morgan fingerprint density at radius 3 is 2.76 bits per heavy atom. The molecule has 0 heterocycles. The molecule has 1 aliphatic carbocycles. The van der Waals surface area contributed by atoms with Gasteiger partial charge in [-0.1, -0.05) is 26.2 Å². The molecule has 0 aromatic heterocycles. The quantitative estimate of drug-likeness (QED) is 0.609. The first-order valence-electron chi connectivity index (χ1n) is 8.47. The molecular weight excluding hydrogens is 268 g/mol. The van der Waals surface area contributed by atoms with E-state index in [9.17, 15) is 15.0 Å². The molecule has 0 aromatic rings. The van der Waals surface area contributed by atoms with E-state index in [4.69, 9.17) is 4.74 Å². The molecule has 0 amide bonds. The molecule has 124 valence electrons. The first-order valence-corrected chi connectivity index (χ1v) is 8.47. The zero-order valence-electron chi connectivity index (χ0n) is 13.6. The minimum atomic E-state index is -0.469. The molecule has 0 aromatic carbocycles. The fourth-order valence-corrected chi connectivity index (χ4v) is 3.17. The third kappa shape index (κ3) is 7.39. The van der Waals surface area contributed by atoms with Crippen LogP contribution in [0.3, 0.4) is 0 Å². The average molecular weight is 300 g/mol. The second-order valence-electron chi connectivity index (χ2n) is 6.45. The van der Waals surface area contributed by atoms with Crippen LogP contribution in [0.1, 0.15) is 71.1 Å². The highest BCUT2D eigenvalue weighted by molar-refractivity contribution is 5.78. The highest BCUT2D eigenvalue weighted by Gasteiger charge is 2.29. The van der Waals surface area contributed by atoms with Crippen molar-refractivity contribution in [3.63, 3.8) is 0 Å². The van der Waals surface area contributed by atoms with Gasteiger partial charge in [0.05, 0.1) is 18.3 Å². The zero-order chi connectivity index (χ0) is 15.7. The van der Waals surface area contributed by atoms with Gasteiger partial charge >= 0.3 is 0 Å². The van der Waals surface area contributed by atoms with Crippen LogP contribution >= 0.6 is 0 Å². The largest absolute Gasteiger partial charge is 0.393 e. The van der Waals surface area contributed by atoms with Crippen LogP contribution in [-0.2, 0) is 9.53 Å². The molecule has 21 heavy (non-hydrogen) atoms. The number of rotatable bonds is 10. The Labute approximate surface area is 128 Å². The number of unbranched alkanes of at least 4 members (excludes halogenated alkanes) is 2. The van der Waals surface area contributed by atoms with Gasteiger partial charge in [0.25, 0.3) is 0 Å². The number of hydrogen-bond acceptors (Lipinski definition) is 4. The van der Waals surface area contributed by atoms with Crippen LogP contribution < -0.4 is 0 Å². The maximum atomic E-state index is 11.9. The maximum Gasteiger partial charge on any atom is 0.135 e. The van der Waals surface area contributed by atoms with Crippen molar-refractivity contribution < 1.29 is 19.7 Å². The van der Waals surface area contributed by atoms with Crippen LogP contribution in [0.15, 0.2) is 0 Å². The molecule has 0 aliphatic heterocycles. The number of carbonyl (C=O) groups excluding carboxylic acids is 1. The maximum absolute atomic E-state index is 11.9. The van der Waals surface area contributed by atoms with Crippen LogP contribution in [0.4, 0.5) is 0 Å². The summed E-state index contributed by atoms with van der Waals surface area (Å²) in [6.45, 7) is 2.13. The highest BCUT2D eigenvalue weighted by atomic mass is 16.5. The van der Waals surface area contributed by atoms with Crippen molar-refractivity contribution in [1.29, 1.82) is 0 Å². The van der Waals surface area contributed by atoms with Crippen molar-refractivity contribution in [3.05, 3.63) is 0 Å². The molecule has 0 radical (unpaired) electrons. The van der Waals surface area contributed by atoms with Crippen molar-refractivity contribution in [2.45, 2.75) is 89.4 Å². The van der Waals surface area contributed by atoms with E-state index in [2.05, 4.69) is 6.92 Å². The predicted octanol–water partition coefficient (Wildman–Crippen LogP) is 2.84. The van der Waals surface area contributed by atoms with Crippen molar-refractivity contribution in [1.82, 2.24) is 0 Å². The van der Waals surface area contributed by atoms with E-state index >= 15 is 0 Å². The van der Waals surface area contributed by atoms with Gasteiger partial charge in [0.2, 0.25) is 0 Å². The Morgan fingerprint density at radius 1 is 1.33 bits per heavy atom. The summed E-state index contributed by atoms with van der Waals surface area (Å²) in [6, 6.07) is 0. The minimum Gasteiger partial charge on any atom is -0.393 e. The normalized spacial score (nSPS) is 27.5. The van der Waals surface area contributed by atoms with Crippen molar-refractivity contribution in [2.24, 2.45) is 5.92 Å². The Morgan fingerprint density at radius 2 is 2.10 bits per heavy atom. The lowest BCUT2D eigenvalue weighted by Crippen LogP contribution is -2.35. The van der Waals surface area contributed by atoms with Crippen LogP contribution in [0, 0.1) is 5.92 Å². The molecular formula is C17H32O4. The summed E-state index contributed by atoms with van der Waals surface area (Å²) in [6.07, 6.45) is 7.34. The Kier molecular flexibility index (Phi) is 9.13. The van der Waals surface area contributed by atoms with Gasteiger partial charge in [0, 0.05) is 20.0 Å². The number of aliphatic hydroxyl groups is 2. The number of ketones is 1. The first-order chi connectivity index (χ1) is 10.1. The van der Waals surface area contributed by atoms with Crippen LogP contribution in [-0.4, -0.2) is 41.4 Å². The average Bonchev–Trinajstić information content (AvgIpc) is 2.46. The second-order valence-corrected chi connectivity index (χ2v) is 6.45. The fourth-order valence-electron chi connectivity index (χ4n) is 3.17. The lowest BCUT2D eigenvalue weighted by Gasteiger charge is -2.32. The molecule has 2 N–H and O–H groups in total. The third-order valence-electron chi connectivity index (χ3n) is 4.60.